The number of halogens is 3. The van der Waals surface area contributed by atoms with E-state index in [2.05, 4.69) is 15.8 Å². The predicted molar refractivity (Wildman–Crippen MR) is 109 cm³/mol. The van der Waals surface area contributed by atoms with Crippen LogP contribution in [-0.2, 0) is 4.79 Å². The Morgan fingerprint density at radius 2 is 1.93 bits per heavy atom. The number of amides is 2. The zero-order chi connectivity index (χ0) is 20.8. The van der Waals surface area contributed by atoms with Crippen molar-refractivity contribution in [2.45, 2.75) is 0 Å². The van der Waals surface area contributed by atoms with Gasteiger partial charge in [-0.1, -0.05) is 29.3 Å². The number of nitrogens with zero attached hydrogens (tertiary/aromatic N) is 1. The van der Waals surface area contributed by atoms with Crippen molar-refractivity contribution in [1.29, 1.82) is 0 Å². The molecular formula is C20H14Cl2FN3O3. The van der Waals surface area contributed by atoms with Crippen LogP contribution in [-0.4, -0.2) is 24.6 Å². The van der Waals surface area contributed by atoms with Gasteiger partial charge < -0.3 is 9.73 Å². The fraction of sp³-hybridized carbons (Fsp3) is 0.0500. The van der Waals surface area contributed by atoms with Gasteiger partial charge in [-0.15, -0.1) is 0 Å². The molecule has 1 aromatic heterocycles. The number of nitrogens with one attached hydrogen (secondary N) is 2. The molecule has 0 fully saturated rings. The molecule has 0 unspecified atom stereocenters. The molecule has 2 N–H and O–H groups in total. The van der Waals surface area contributed by atoms with Crippen LogP contribution in [0.25, 0.3) is 11.3 Å². The average molecular weight is 434 g/mol. The SMILES string of the molecule is O=C(CNC(=O)c1cccc(F)c1)N/N=C/c1ccc(-c2ccc(Cl)cc2Cl)o1. The molecule has 148 valence electrons. The van der Waals surface area contributed by atoms with Crippen LogP contribution in [0.2, 0.25) is 10.0 Å². The van der Waals surface area contributed by atoms with Crippen molar-refractivity contribution in [2.24, 2.45) is 5.10 Å². The van der Waals surface area contributed by atoms with Crippen LogP contribution in [0.1, 0.15) is 16.1 Å². The first kappa shape index (κ1) is 20.6. The molecule has 2 aromatic carbocycles. The molecule has 29 heavy (non-hydrogen) atoms. The Kier molecular flexibility index (Phi) is 6.64. The highest BCUT2D eigenvalue weighted by Crippen LogP contribution is 2.31. The third kappa shape index (κ3) is 5.66. The average Bonchev–Trinajstić information content (AvgIpc) is 3.14. The van der Waals surface area contributed by atoms with Crippen molar-refractivity contribution in [3.05, 3.63) is 81.8 Å². The smallest absolute Gasteiger partial charge is 0.259 e. The number of carbonyl (C=O) groups excluding carboxylic acids is 2. The molecule has 0 spiro atoms. The Labute approximate surface area is 175 Å². The van der Waals surface area contributed by atoms with Crippen LogP contribution >= 0.6 is 23.2 Å². The van der Waals surface area contributed by atoms with Crippen molar-refractivity contribution in [3.8, 4) is 11.3 Å². The van der Waals surface area contributed by atoms with E-state index in [0.29, 0.717) is 27.1 Å². The lowest BCUT2D eigenvalue weighted by Gasteiger charge is -2.04. The van der Waals surface area contributed by atoms with Gasteiger partial charge in [0.2, 0.25) is 0 Å². The normalized spacial score (nSPS) is 10.9. The van der Waals surface area contributed by atoms with E-state index in [4.69, 9.17) is 27.6 Å². The molecule has 0 aliphatic heterocycles. The Hall–Kier alpha value is -3.16. The first-order valence-electron chi connectivity index (χ1n) is 8.33. The molecule has 0 aliphatic carbocycles. The van der Waals surface area contributed by atoms with Gasteiger partial charge in [-0.2, -0.15) is 5.10 Å². The quantitative estimate of drug-likeness (QED) is 0.449. The maximum Gasteiger partial charge on any atom is 0.259 e. The largest absolute Gasteiger partial charge is 0.455 e. The lowest BCUT2D eigenvalue weighted by molar-refractivity contribution is -0.120. The third-order valence-corrected chi connectivity index (χ3v) is 4.25. The second-order valence-corrected chi connectivity index (χ2v) is 6.66. The van der Waals surface area contributed by atoms with Gasteiger partial charge in [0, 0.05) is 16.1 Å². The first-order valence-corrected chi connectivity index (χ1v) is 9.09. The maximum absolute atomic E-state index is 13.1. The molecule has 0 aliphatic rings. The summed E-state index contributed by atoms with van der Waals surface area (Å²) in [4.78, 5) is 23.6. The molecule has 9 heteroatoms. The summed E-state index contributed by atoms with van der Waals surface area (Å²) in [6.45, 7) is -0.323. The second-order valence-electron chi connectivity index (χ2n) is 5.81. The third-order valence-electron chi connectivity index (χ3n) is 3.70. The van der Waals surface area contributed by atoms with Crippen molar-refractivity contribution in [2.75, 3.05) is 6.54 Å². The van der Waals surface area contributed by atoms with Crippen molar-refractivity contribution < 1.29 is 18.4 Å². The number of hydrazone groups is 1. The molecule has 6 nitrogen and oxygen atoms in total. The Balaban J connectivity index is 1.51. The van der Waals surface area contributed by atoms with Gasteiger partial charge >= 0.3 is 0 Å². The van der Waals surface area contributed by atoms with E-state index < -0.39 is 17.6 Å². The van der Waals surface area contributed by atoms with Crippen LogP contribution in [0.3, 0.4) is 0 Å². The fourth-order valence-corrected chi connectivity index (χ4v) is 2.86. The molecule has 2 amide bonds. The van der Waals surface area contributed by atoms with Crippen LogP contribution in [0.5, 0.6) is 0 Å². The number of carbonyl (C=O) groups is 2. The van der Waals surface area contributed by atoms with Crippen molar-refractivity contribution in [3.63, 3.8) is 0 Å². The molecule has 0 bridgehead atoms. The van der Waals surface area contributed by atoms with Crippen molar-refractivity contribution >= 4 is 41.2 Å². The summed E-state index contributed by atoms with van der Waals surface area (Å²) in [5.74, 6) is -0.765. The van der Waals surface area contributed by atoms with E-state index in [1.807, 2.05) is 0 Å². The van der Waals surface area contributed by atoms with E-state index in [1.54, 1.807) is 30.3 Å². The van der Waals surface area contributed by atoms with Gasteiger partial charge in [-0.25, -0.2) is 9.82 Å². The number of hydrogen-bond acceptors (Lipinski definition) is 4. The minimum Gasteiger partial charge on any atom is -0.455 e. The fourth-order valence-electron chi connectivity index (χ4n) is 2.36. The van der Waals surface area contributed by atoms with Crippen LogP contribution in [0.15, 0.2) is 64.1 Å². The van der Waals surface area contributed by atoms with Gasteiger partial charge in [0.1, 0.15) is 17.3 Å². The number of benzene rings is 2. The standard InChI is InChI=1S/C20H14Cl2FN3O3/c21-13-4-6-16(17(22)9-13)18-7-5-15(29-18)10-25-26-19(27)11-24-20(28)12-2-1-3-14(23)8-12/h1-10H,11H2,(H,24,28)(H,26,27)/b25-10+. The molecule has 3 aromatic rings. The summed E-state index contributed by atoms with van der Waals surface area (Å²) in [6.07, 6.45) is 1.31. The van der Waals surface area contributed by atoms with Gasteiger partial charge in [0.25, 0.3) is 11.8 Å². The van der Waals surface area contributed by atoms with Gasteiger partial charge in [0.15, 0.2) is 0 Å². The molecule has 0 saturated carbocycles. The lowest BCUT2D eigenvalue weighted by Crippen LogP contribution is -2.34. The zero-order valence-electron chi connectivity index (χ0n) is 14.8. The Morgan fingerprint density at radius 1 is 1.10 bits per heavy atom. The summed E-state index contributed by atoms with van der Waals surface area (Å²) in [7, 11) is 0. The minimum absolute atomic E-state index is 0.116. The highest BCUT2D eigenvalue weighted by Gasteiger charge is 2.10. The molecule has 0 saturated heterocycles. The highest BCUT2D eigenvalue weighted by atomic mass is 35.5. The number of hydrogen-bond donors (Lipinski definition) is 2. The van der Waals surface area contributed by atoms with E-state index in [-0.39, 0.29) is 12.1 Å². The highest BCUT2D eigenvalue weighted by molar-refractivity contribution is 6.36. The summed E-state index contributed by atoms with van der Waals surface area (Å²) in [5.41, 5.74) is 3.04. The van der Waals surface area contributed by atoms with E-state index >= 15 is 0 Å². The second kappa shape index (κ2) is 9.36. The molecule has 3 rings (SSSR count). The lowest BCUT2D eigenvalue weighted by atomic mass is 10.2. The minimum atomic E-state index is -0.570. The Bertz CT molecular complexity index is 1080. The topological polar surface area (TPSA) is 83.7 Å². The first-order chi connectivity index (χ1) is 13.9. The van der Waals surface area contributed by atoms with E-state index in [9.17, 15) is 14.0 Å². The van der Waals surface area contributed by atoms with Crippen LogP contribution in [0.4, 0.5) is 4.39 Å². The summed E-state index contributed by atoms with van der Waals surface area (Å²) in [5, 5.41) is 7.09. The maximum atomic E-state index is 13.1. The molecule has 0 radical (unpaired) electrons. The monoisotopic (exact) mass is 433 g/mol. The van der Waals surface area contributed by atoms with Crippen LogP contribution < -0.4 is 10.7 Å². The molecule has 1 heterocycles. The summed E-state index contributed by atoms with van der Waals surface area (Å²) in [6, 6.07) is 13.5. The zero-order valence-corrected chi connectivity index (χ0v) is 16.3. The van der Waals surface area contributed by atoms with Gasteiger partial charge in [0.05, 0.1) is 17.8 Å². The molecule has 0 atom stereocenters. The number of furan rings is 1. The summed E-state index contributed by atoms with van der Waals surface area (Å²) >= 11 is 12.0. The Morgan fingerprint density at radius 3 is 2.69 bits per heavy atom. The van der Waals surface area contributed by atoms with Crippen molar-refractivity contribution in [1.82, 2.24) is 10.7 Å². The van der Waals surface area contributed by atoms with E-state index in [1.165, 1.54) is 24.4 Å². The van der Waals surface area contributed by atoms with Crippen LogP contribution in [0, 0.1) is 5.82 Å². The molecular weight excluding hydrogens is 420 g/mol. The van der Waals surface area contributed by atoms with Gasteiger partial charge in [-0.05, 0) is 48.5 Å². The predicted octanol–water partition coefficient (Wildman–Crippen LogP) is 4.27. The summed E-state index contributed by atoms with van der Waals surface area (Å²) < 4.78 is 18.7. The van der Waals surface area contributed by atoms with E-state index in [0.717, 1.165) is 6.07 Å². The number of rotatable bonds is 6. The van der Waals surface area contributed by atoms with Gasteiger partial charge in [-0.3, -0.25) is 9.59 Å².